The van der Waals surface area contributed by atoms with E-state index in [9.17, 15) is 9.18 Å². The monoisotopic (exact) mass is 607 g/mol. The number of nitrogens with two attached hydrogens (primary N) is 1. The number of benzene rings is 2. The molecular weight excluding hydrogens is 589 g/mol. The Morgan fingerprint density at radius 2 is 2.03 bits per heavy atom. The summed E-state index contributed by atoms with van der Waals surface area (Å²) < 4.78 is 21.7. The molecule has 196 valence electrons. The van der Waals surface area contributed by atoms with Gasteiger partial charge in [0.2, 0.25) is 5.91 Å². The molecule has 12 heteroatoms. The smallest absolute Gasteiger partial charge is 0.240 e. The number of hydrogen-bond donors (Lipinski definition) is 2. The highest BCUT2D eigenvalue weighted by atomic mass is 79.9. The van der Waals surface area contributed by atoms with Crippen LogP contribution in [0.2, 0.25) is 5.02 Å². The predicted molar refractivity (Wildman–Crippen MR) is 148 cm³/mol. The SMILES string of the molecule is COc1cc(C2(C)C(=O)Nc3nc(-c4cn5c(Br)cnc5c(Cc5cccc(F)c5)n4)nc(N)c32)ccc1Cl. The quantitative estimate of drug-likeness (QED) is 0.282. The Hall–Kier alpha value is -4.09. The zero-order valence-electron chi connectivity index (χ0n) is 20.7. The van der Waals surface area contributed by atoms with Gasteiger partial charge in [-0.1, -0.05) is 29.8 Å². The zero-order chi connectivity index (χ0) is 27.5. The van der Waals surface area contributed by atoms with Crippen molar-refractivity contribution in [3.8, 4) is 17.3 Å². The van der Waals surface area contributed by atoms with Gasteiger partial charge in [-0.15, -0.1) is 0 Å². The molecule has 3 N–H and O–H groups in total. The van der Waals surface area contributed by atoms with Crippen LogP contribution in [0.3, 0.4) is 0 Å². The van der Waals surface area contributed by atoms with Crippen LogP contribution >= 0.6 is 27.5 Å². The van der Waals surface area contributed by atoms with E-state index >= 15 is 0 Å². The largest absolute Gasteiger partial charge is 0.495 e. The van der Waals surface area contributed by atoms with Crippen LogP contribution in [0.25, 0.3) is 17.2 Å². The number of carbonyl (C=O) groups excluding carboxylic acids is 1. The number of rotatable bonds is 5. The van der Waals surface area contributed by atoms with Crippen molar-refractivity contribution >= 4 is 50.7 Å². The van der Waals surface area contributed by atoms with E-state index in [1.165, 1.54) is 19.2 Å². The molecule has 1 unspecified atom stereocenters. The van der Waals surface area contributed by atoms with E-state index in [1.807, 2.05) is 6.07 Å². The van der Waals surface area contributed by atoms with Crippen molar-refractivity contribution in [2.45, 2.75) is 18.8 Å². The van der Waals surface area contributed by atoms with Gasteiger partial charge in [-0.25, -0.2) is 24.3 Å². The summed E-state index contributed by atoms with van der Waals surface area (Å²) in [5.74, 6) is 0.415. The second-order valence-corrected chi connectivity index (χ2v) is 10.5. The average Bonchev–Trinajstić information content (AvgIpc) is 3.41. The number of aromatic nitrogens is 5. The molecule has 39 heavy (non-hydrogen) atoms. The Kier molecular flexibility index (Phi) is 6.00. The average molecular weight is 609 g/mol. The fourth-order valence-corrected chi connectivity index (χ4v) is 5.43. The summed E-state index contributed by atoms with van der Waals surface area (Å²) in [6.45, 7) is 1.75. The standard InChI is InChI=1S/C27H20BrClFN7O2/c1-27(14-6-7-16(29)19(10-14)39-2)21-22(31)34-23(35-24(21)36-26(27)38)18-12-37-20(28)11-32-25(37)17(33-18)9-13-4-3-5-15(30)8-13/h3-8,10-12H,9H2,1-2H3,(H3,31,34,35,36,38). The Labute approximate surface area is 235 Å². The number of hydrogen-bond acceptors (Lipinski definition) is 7. The highest BCUT2D eigenvalue weighted by Crippen LogP contribution is 2.46. The number of nitrogens with one attached hydrogen (secondary N) is 1. The summed E-state index contributed by atoms with van der Waals surface area (Å²) >= 11 is 9.72. The molecular formula is C27H20BrClFN7O2. The summed E-state index contributed by atoms with van der Waals surface area (Å²) in [6, 6.07) is 11.4. The Bertz CT molecular complexity index is 1810. The van der Waals surface area contributed by atoms with E-state index in [2.05, 4.69) is 36.2 Å². The van der Waals surface area contributed by atoms with Crippen LogP contribution in [0.5, 0.6) is 5.75 Å². The van der Waals surface area contributed by atoms with Gasteiger partial charge in [-0.2, -0.15) is 0 Å². The number of halogens is 3. The van der Waals surface area contributed by atoms with E-state index in [4.69, 9.17) is 27.1 Å². The first-order valence-electron chi connectivity index (χ1n) is 11.8. The summed E-state index contributed by atoms with van der Waals surface area (Å²) in [4.78, 5) is 31.8. The Morgan fingerprint density at radius 3 is 2.79 bits per heavy atom. The maximum Gasteiger partial charge on any atom is 0.240 e. The Morgan fingerprint density at radius 1 is 1.21 bits per heavy atom. The number of methoxy groups -OCH3 is 1. The molecule has 1 aliphatic rings. The number of amides is 1. The maximum atomic E-state index is 13.9. The van der Waals surface area contributed by atoms with Gasteiger partial charge in [-0.05, 0) is 58.2 Å². The first-order chi connectivity index (χ1) is 18.7. The fraction of sp³-hybridized carbons (Fsp3) is 0.148. The van der Waals surface area contributed by atoms with Crippen LogP contribution in [0.1, 0.15) is 29.3 Å². The molecule has 0 aliphatic carbocycles. The highest BCUT2D eigenvalue weighted by molar-refractivity contribution is 9.10. The topological polar surface area (TPSA) is 120 Å². The lowest BCUT2D eigenvalue weighted by molar-refractivity contribution is -0.119. The molecule has 6 rings (SSSR count). The summed E-state index contributed by atoms with van der Waals surface area (Å²) in [7, 11) is 1.50. The van der Waals surface area contributed by atoms with Crippen LogP contribution < -0.4 is 15.8 Å². The molecule has 1 atom stereocenters. The van der Waals surface area contributed by atoms with Crippen molar-refractivity contribution in [1.29, 1.82) is 0 Å². The fourth-order valence-electron chi connectivity index (χ4n) is 4.86. The maximum absolute atomic E-state index is 13.9. The second-order valence-electron chi connectivity index (χ2n) is 9.24. The van der Waals surface area contributed by atoms with Crippen molar-refractivity contribution in [2.24, 2.45) is 0 Å². The molecule has 1 aliphatic heterocycles. The van der Waals surface area contributed by atoms with Gasteiger partial charge < -0.3 is 15.8 Å². The molecule has 5 aromatic rings. The minimum atomic E-state index is -1.18. The van der Waals surface area contributed by atoms with Gasteiger partial charge in [0.05, 0.1) is 29.6 Å². The van der Waals surface area contributed by atoms with E-state index < -0.39 is 5.41 Å². The molecule has 4 heterocycles. The van der Waals surface area contributed by atoms with Crippen LogP contribution in [0, 0.1) is 5.82 Å². The lowest BCUT2D eigenvalue weighted by atomic mass is 9.77. The second kappa shape index (κ2) is 9.28. The molecule has 1 amide bonds. The molecule has 0 bridgehead atoms. The molecule has 0 spiro atoms. The summed E-state index contributed by atoms with van der Waals surface area (Å²) in [5.41, 5.74) is 8.71. The summed E-state index contributed by atoms with van der Waals surface area (Å²) in [5, 5.41) is 3.27. The van der Waals surface area contributed by atoms with Gasteiger partial charge in [0.1, 0.15) is 38.9 Å². The van der Waals surface area contributed by atoms with E-state index in [-0.39, 0.29) is 29.2 Å². The highest BCUT2D eigenvalue weighted by Gasteiger charge is 2.48. The zero-order valence-corrected chi connectivity index (χ0v) is 23.0. The number of carbonyl (C=O) groups is 1. The van der Waals surface area contributed by atoms with Crippen molar-refractivity contribution in [3.63, 3.8) is 0 Å². The molecule has 0 saturated heterocycles. The molecule has 0 radical (unpaired) electrons. The molecule has 2 aromatic carbocycles. The number of nitrogens with zero attached hydrogens (tertiary/aromatic N) is 5. The number of ether oxygens (including phenoxy) is 1. The first-order valence-corrected chi connectivity index (χ1v) is 13.0. The van der Waals surface area contributed by atoms with Crippen molar-refractivity contribution < 1.29 is 13.9 Å². The third-order valence-corrected chi connectivity index (χ3v) is 7.76. The lowest BCUT2D eigenvalue weighted by Gasteiger charge is -2.24. The predicted octanol–water partition coefficient (Wildman–Crippen LogP) is 5.18. The van der Waals surface area contributed by atoms with Crippen molar-refractivity contribution in [2.75, 3.05) is 18.2 Å². The van der Waals surface area contributed by atoms with E-state index in [0.29, 0.717) is 50.0 Å². The molecule has 0 saturated carbocycles. The van der Waals surface area contributed by atoms with Crippen molar-refractivity contribution in [1.82, 2.24) is 24.3 Å². The number of imidazole rings is 1. The normalized spacial score (nSPS) is 16.4. The first kappa shape index (κ1) is 25.2. The van der Waals surface area contributed by atoms with Crippen LogP contribution in [0.4, 0.5) is 16.0 Å². The third-order valence-electron chi connectivity index (χ3n) is 6.86. The van der Waals surface area contributed by atoms with Crippen molar-refractivity contribution in [3.05, 3.63) is 92.7 Å². The minimum Gasteiger partial charge on any atom is -0.495 e. The van der Waals surface area contributed by atoms with Gasteiger partial charge >= 0.3 is 0 Å². The van der Waals surface area contributed by atoms with Crippen LogP contribution in [-0.4, -0.2) is 37.4 Å². The molecule has 9 nitrogen and oxygen atoms in total. The van der Waals surface area contributed by atoms with Gasteiger partial charge in [0.15, 0.2) is 11.5 Å². The van der Waals surface area contributed by atoms with Crippen LogP contribution in [-0.2, 0) is 16.6 Å². The number of nitrogen functional groups attached to an aromatic ring is 1. The summed E-state index contributed by atoms with van der Waals surface area (Å²) in [6.07, 6.45) is 3.70. The Balaban J connectivity index is 1.48. The van der Waals surface area contributed by atoms with E-state index in [0.717, 1.165) is 5.56 Å². The lowest BCUT2D eigenvalue weighted by Crippen LogP contribution is -2.33. The molecule has 0 fully saturated rings. The minimum absolute atomic E-state index is 0.128. The van der Waals surface area contributed by atoms with Gasteiger partial charge in [-0.3, -0.25) is 9.20 Å². The molecule has 3 aromatic heterocycles. The number of anilines is 2. The van der Waals surface area contributed by atoms with Gasteiger partial charge in [0, 0.05) is 12.6 Å². The van der Waals surface area contributed by atoms with E-state index in [1.54, 1.807) is 48.0 Å². The van der Waals surface area contributed by atoms with Crippen LogP contribution in [0.15, 0.2) is 59.5 Å². The third kappa shape index (κ3) is 4.09. The number of fused-ring (bicyclic) bond motifs is 2. The van der Waals surface area contributed by atoms with Gasteiger partial charge in [0.25, 0.3) is 0 Å².